The van der Waals surface area contributed by atoms with Crippen molar-refractivity contribution in [3.63, 3.8) is 0 Å². The Morgan fingerprint density at radius 3 is 2.36 bits per heavy atom. The Morgan fingerprint density at radius 1 is 1.29 bits per heavy atom. The van der Waals surface area contributed by atoms with Gasteiger partial charge in [-0.1, -0.05) is 0 Å². The number of furan rings is 1. The van der Waals surface area contributed by atoms with Crippen LogP contribution in [0.1, 0.15) is 33.9 Å². The van der Waals surface area contributed by atoms with Gasteiger partial charge in [-0.25, -0.2) is 0 Å². The summed E-state index contributed by atoms with van der Waals surface area (Å²) in [6.45, 7) is 5.69. The quantitative estimate of drug-likeness (QED) is 0.718. The average molecular weight is 212 g/mol. The molecule has 0 atom stereocenters. The number of carbonyl (C=O) groups is 1. The molecule has 0 saturated carbocycles. The zero-order valence-electron chi connectivity index (χ0n) is 9.14. The van der Waals surface area contributed by atoms with Gasteiger partial charge in [0.2, 0.25) is 0 Å². The van der Waals surface area contributed by atoms with E-state index >= 15 is 0 Å². The SMILES string of the molecule is CSCCC(=O)c1c(C)oc(C)c1C. The molecule has 0 aliphatic rings. The molecule has 0 aromatic carbocycles. The molecule has 0 N–H and O–H groups in total. The molecule has 0 fully saturated rings. The van der Waals surface area contributed by atoms with Gasteiger partial charge in [0.25, 0.3) is 0 Å². The van der Waals surface area contributed by atoms with Crippen LogP contribution in [0, 0.1) is 20.8 Å². The molecule has 78 valence electrons. The van der Waals surface area contributed by atoms with Crippen molar-refractivity contribution in [2.24, 2.45) is 0 Å². The molecule has 0 aliphatic heterocycles. The largest absolute Gasteiger partial charge is 0.466 e. The van der Waals surface area contributed by atoms with Crippen LogP contribution in [0.3, 0.4) is 0 Å². The van der Waals surface area contributed by atoms with Gasteiger partial charge in [0.05, 0.1) is 5.56 Å². The summed E-state index contributed by atoms with van der Waals surface area (Å²) in [6.07, 6.45) is 2.61. The van der Waals surface area contributed by atoms with Crippen molar-refractivity contribution in [2.75, 3.05) is 12.0 Å². The summed E-state index contributed by atoms with van der Waals surface area (Å²) in [5.41, 5.74) is 1.78. The number of hydrogen-bond donors (Lipinski definition) is 0. The summed E-state index contributed by atoms with van der Waals surface area (Å²) in [5, 5.41) is 0. The smallest absolute Gasteiger partial charge is 0.167 e. The molecular weight excluding hydrogens is 196 g/mol. The van der Waals surface area contributed by atoms with E-state index in [9.17, 15) is 4.79 Å². The van der Waals surface area contributed by atoms with Crippen molar-refractivity contribution in [1.29, 1.82) is 0 Å². The molecular formula is C11H16O2S. The minimum absolute atomic E-state index is 0.200. The molecule has 0 bridgehead atoms. The Hall–Kier alpha value is -0.700. The highest BCUT2D eigenvalue weighted by Gasteiger charge is 2.17. The lowest BCUT2D eigenvalue weighted by Crippen LogP contribution is -2.02. The highest BCUT2D eigenvalue weighted by Crippen LogP contribution is 2.22. The van der Waals surface area contributed by atoms with E-state index in [1.54, 1.807) is 11.8 Å². The van der Waals surface area contributed by atoms with Crippen LogP contribution in [-0.4, -0.2) is 17.8 Å². The van der Waals surface area contributed by atoms with Gasteiger partial charge in [-0.15, -0.1) is 0 Å². The van der Waals surface area contributed by atoms with Crippen molar-refractivity contribution < 1.29 is 9.21 Å². The molecule has 1 heterocycles. The van der Waals surface area contributed by atoms with Crippen molar-refractivity contribution in [3.8, 4) is 0 Å². The molecule has 2 nitrogen and oxygen atoms in total. The molecule has 1 rings (SSSR count). The third-order valence-electron chi connectivity index (χ3n) is 2.37. The lowest BCUT2D eigenvalue weighted by atomic mass is 10.0. The average Bonchev–Trinajstić information content (AvgIpc) is 2.38. The van der Waals surface area contributed by atoms with Crippen LogP contribution in [-0.2, 0) is 0 Å². The fourth-order valence-electron chi connectivity index (χ4n) is 1.52. The van der Waals surface area contributed by atoms with Gasteiger partial charge in [-0.3, -0.25) is 4.79 Å². The topological polar surface area (TPSA) is 30.2 Å². The molecule has 3 heteroatoms. The highest BCUT2D eigenvalue weighted by molar-refractivity contribution is 7.98. The molecule has 0 aliphatic carbocycles. The number of carbonyl (C=O) groups excluding carboxylic acids is 1. The van der Waals surface area contributed by atoms with E-state index in [1.807, 2.05) is 27.0 Å². The van der Waals surface area contributed by atoms with Gasteiger partial charge >= 0.3 is 0 Å². The van der Waals surface area contributed by atoms with E-state index in [0.29, 0.717) is 6.42 Å². The third-order valence-corrected chi connectivity index (χ3v) is 2.99. The predicted octanol–water partition coefficient (Wildman–Crippen LogP) is 3.14. The summed E-state index contributed by atoms with van der Waals surface area (Å²) >= 11 is 1.69. The second-order valence-electron chi connectivity index (χ2n) is 3.38. The lowest BCUT2D eigenvalue weighted by molar-refractivity contribution is 0.0987. The summed E-state index contributed by atoms with van der Waals surface area (Å²) in [4.78, 5) is 11.8. The van der Waals surface area contributed by atoms with Crippen molar-refractivity contribution in [1.82, 2.24) is 0 Å². The fraction of sp³-hybridized carbons (Fsp3) is 0.545. The second-order valence-corrected chi connectivity index (χ2v) is 4.37. The monoisotopic (exact) mass is 212 g/mol. The van der Waals surface area contributed by atoms with Gasteiger partial charge in [-0.05, 0) is 27.0 Å². The predicted molar refractivity (Wildman–Crippen MR) is 60.2 cm³/mol. The van der Waals surface area contributed by atoms with Crippen LogP contribution < -0.4 is 0 Å². The molecule has 14 heavy (non-hydrogen) atoms. The van der Waals surface area contributed by atoms with E-state index < -0.39 is 0 Å². The first-order valence-corrected chi connectivity index (χ1v) is 6.06. The van der Waals surface area contributed by atoms with Crippen LogP contribution >= 0.6 is 11.8 Å². The van der Waals surface area contributed by atoms with Crippen LogP contribution in [0.4, 0.5) is 0 Å². The maximum Gasteiger partial charge on any atom is 0.167 e. The van der Waals surface area contributed by atoms with Gasteiger partial charge in [-0.2, -0.15) is 11.8 Å². The van der Waals surface area contributed by atoms with Crippen molar-refractivity contribution in [2.45, 2.75) is 27.2 Å². The zero-order valence-corrected chi connectivity index (χ0v) is 9.96. The summed E-state index contributed by atoms with van der Waals surface area (Å²) in [6, 6.07) is 0. The molecule has 0 saturated heterocycles. The van der Waals surface area contributed by atoms with Crippen molar-refractivity contribution >= 4 is 17.5 Å². The highest BCUT2D eigenvalue weighted by atomic mass is 32.2. The van der Waals surface area contributed by atoms with E-state index in [1.165, 1.54) is 0 Å². The van der Waals surface area contributed by atoms with Crippen LogP contribution in [0.15, 0.2) is 4.42 Å². The number of aryl methyl sites for hydroxylation is 2. The Labute approximate surface area is 89.1 Å². The fourth-order valence-corrected chi connectivity index (χ4v) is 1.91. The number of thioether (sulfide) groups is 1. The molecule has 1 aromatic rings. The Kier molecular flexibility index (Phi) is 3.81. The summed E-state index contributed by atoms with van der Waals surface area (Å²) in [5.74, 6) is 2.69. The van der Waals surface area contributed by atoms with E-state index in [-0.39, 0.29) is 5.78 Å². The first kappa shape index (κ1) is 11.4. The summed E-state index contributed by atoms with van der Waals surface area (Å²) < 4.78 is 5.42. The van der Waals surface area contributed by atoms with Gasteiger partial charge in [0.15, 0.2) is 5.78 Å². The second kappa shape index (κ2) is 4.69. The maximum absolute atomic E-state index is 11.8. The number of Topliss-reactive ketones (excluding diaryl/α,β-unsaturated/α-hetero) is 1. The van der Waals surface area contributed by atoms with Gasteiger partial charge in [0.1, 0.15) is 11.5 Å². The van der Waals surface area contributed by atoms with E-state index in [0.717, 1.165) is 28.4 Å². The Balaban J connectivity index is 2.89. The van der Waals surface area contributed by atoms with Gasteiger partial charge < -0.3 is 4.42 Å². The summed E-state index contributed by atoms with van der Waals surface area (Å²) in [7, 11) is 0. The molecule has 0 amide bonds. The zero-order chi connectivity index (χ0) is 10.7. The van der Waals surface area contributed by atoms with E-state index in [4.69, 9.17) is 4.42 Å². The molecule has 0 radical (unpaired) electrons. The first-order chi connectivity index (χ1) is 6.57. The van der Waals surface area contributed by atoms with Gasteiger partial charge in [0, 0.05) is 17.7 Å². The number of rotatable bonds is 4. The third kappa shape index (κ3) is 2.21. The Bertz CT molecular complexity index is 339. The van der Waals surface area contributed by atoms with E-state index in [2.05, 4.69) is 0 Å². The molecule has 0 spiro atoms. The molecule has 1 aromatic heterocycles. The van der Waals surface area contributed by atoms with Crippen LogP contribution in [0.2, 0.25) is 0 Å². The maximum atomic E-state index is 11.8. The molecule has 0 unspecified atom stereocenters. The minimum Gasteiger partial charge on any atom is -0.466 e. The normalized spacial score (nSPS) is 10.6. The van der Waals surface area contributed by atoms with Crippen LogP contribution in [0.5, 0.6) is 0 Å². The van der Waals surface area contributed by atoms with Crippen molar-refractivity contribution in [3.05, 3.63) is 22.6 Å². The number of hydrogen-bond acceptors (Lipinski definition) is 3. The van der Waals surface area contributed by atoms with Crippen LogP contribution in [0.25, 0.3) is 0 Å². The number of ketones is 1. The Morgan fingerprint density at radius 2 is 1.93 bits per heavy atom. The minimum atomic E-state index is 0.200. The first-order valence-electron chi connectivity index (χ1n) is 4.66. The standard InChI is InChI=1S/C11H16O2S/c1-7-8(2)13-9(3)11(7)10(12)5-6-14-4/h5-6H2,1-4H3. The lowest BCUT2D eigenvalue weighted by Gasteiger charge is -1.99.